The summed E-state index contributed by atoms with van der Waals surface area (Å²) < 4.78 is 0. The molecule has 80 valence electrons. The van der Waals surface area contributed by atoms with Gasteiger partial charge < -0.3 is 5.32 Å². The van der Waals surface area contributed by atoms with Crippen LogP contribution in [-0.4, -0.2) is 22.4 Å². The number of aromatic nitrogens is 1. The molecule has 0 amide bonds. The SMILES string of the molecule is c1ccc2ncc(NC3=NCCS3)cc2c1. The van der Waals surface area contributed by atoms with Crippen LogP contribution in [0.1, 0.15) is 0 Å². The monoisotopic (exact) mass is 229 g/mol. The zero-order chi connectivity index (χ0) is 10.8. The Bertz CT molecular complexity index is 551. The number of pyridine rings is 1. The van der Waals surface area contributed by atoms with Crippen LogP contribution in [-0.2, 0) is 0 Å². The van der Waals surface area contributed by atoms with Gasteiger partial charge in [0.2, 0.25) is 0 Å². The van der Waals surface area contributed by atoms with Crippen LogP contribution in [0.5, 0.6) is 0 Å². The molecule has 0 saturated heterocycles. The van der Waals surface area contributed by atoms with Crippen molar-refractivity contribution in [3.63, 3.8) is 0 Å². The normalized spacial score (nSPS) is 15.1. The van der Waals surface area contributed by atoms with Crippen molar-refractivity contribution in [3.05, 3.63) is 36.5 Å². The number of nitrogens with one attached hydrogen (secondary N) is 1. The van der Waals surface area contributed by atoms with Crippen molar-refractivity contribution < 1.29 is 0 Å². The summed E-state index contributed by atoms with van der Waals surface area (Å²) in [5.74, 6) is 1.07. The Balaban J connectivity index is 1.92. The van der Waals surface area contributed by atoms with Gasteiger partial charge in [-0.3, -0.25) is 9.98 Å². The van der Waals surface area contributed by atoms with E-state index in [1.807, 2.05) is 24.4 Å². The average molecular weight is 229 g/mol. The molecule has 0 saturated carbocycles. The molecule has 0 aliphatic carbocycles. The summed E-state index contributed by atoms with van der Waals surface area (Å²) in [5, 5.41) is 5.43. The summed E-state index contributed by atoms with van der Waals surface area (Å²) in [4.78, 5) is 8.75. The van der Waals surface area contributed by atoms with Crippen molar-refractivity contribution in [2.75, 3.05) is 17.6 Å². The molecule has 4 heteroatoms. The maximum Gasteiger partial charge on any atom is 0.161 e. The smallest absolute Gasteiger partial charge is 0.161 e. The highest BCUT2D eigenvalue weighted by Crippen LogP contribution is 2.19. The van der Waals surface area contributed by atoms with Gasteiger partial charge in [-0.05, 0) is 12.1 Å². The molecule has 0 radical (unpaired) electrons. The van der Waals surface area contributed by atoms with E-state index in [9.17, 15) is 0 Å². The Labute approximate surface area is 98.0 Å². The van der Waals surface area contributed by atoms with Gasteiger partial charge in [-0.2, -0.15) is 0 Å². The van der Waals surface area contributed by atoms with Gasteiger partial charge in [0.25, 0.3) is 0 Å². The molecule has 2 heterocycles. The van der Waals surface area contributed by atoms with Gasteiger partial charge in [0.1, 0.15) is 0 Å². The fraction of sp³-hybridized carbons (Fsp3) is 0.167. The fourth-order valence-corrected chi connectivity index (χ4v) is 2.42. The molecule has 1 aromatic carbocycles. The van der Waals surface area contributed by atoms with E-state index in [1.165, 1.54) is 0 Å². The Hall–Kier alpha value is -1.55. The Morgan fingerprint density at radius 2 is 2.19 bits per heavy atom. The molecule has 1 aliphatic heterocycles. The molecule has 1 aromatic heterocycles. The van der Waals surface area contributed by atoms with Crippen LogP contribution in [0.3, 0.4) is 0 Å². The first-order valence-corrected chi connectivity index (χ1v) is 6.19. The first-order valence-electron chi connectivity index (χ1n) is 5.21. The van der Waals surface area contributed by atoms with Crippen LogP contribution in [0.15, 0.2) is 41.5 Å². The Kier molecular flexibility index (Phi) is 2.50. The summed E-state index contributed by atoms with van der Waals surface area (Å²) in [5.41, 5.74) is 2.03. The number of hydrogen-bond acceptors (Lipinski definition) is 4. The summed E-state index contributed by atoms with van der Waals surface area (Å²) >= 11 is 1.75. The molecule has 3 nitrogen and oxygen atoms in total. The van der Waals surface area contributed by atoms with Crippen LogP contribution >= 0.6 is 11.8 Å². The Morgan fingerprint density at radius 3 is 3.06 bits per heavy atom. The lowest BCUT2D eigenvalue weighted by Crippen LogP contribution is -2.04. The van der Waals surface area contributed by atoms with Gasteiger partial charge in [0.15, 0.2) is 5.17 Å². The third-order valence-electron chi connectivity index (χ3n) is 2.43. The molecule has 0 fully saturated rings. The first-order chi connectivity index (χ1) is 7.92. The number of hydrogen-bond donors (Lipinski definition) is 1. The van der Waals surface area contributed by atoms with Crippen LogP contribution in [0.2, 0.25) is 0 Å². The molecule has 0 atom stereocenters. The molecule has 3 rings (SSSR count). The lowest BCUT2D eigenvalue weighted by Gasteiger charge is -2.05. The van der Waals surface area contributed by atoms with Crippen LogP contribution in [0.4, 0.5) is 5.69 Å². The molecule has 0 spiro atoms. The number of amidine groups is 1. The van der Waals surface area contributed by atoms with Crippen molar-refractivity contribution in [1.82, 2.24) is 4.98 Å². The highest BCUT2D eigenvalue weighted by molar-refractivity contribution is 8.14. The maximum absolute atomic E-state index is 4.40. The largest absolute Gasteiger partial charge is 0.334 e. The van der Waals surface area contributed by atoms with Gasteiger partial charge in [0, 0.05) is 11.1 Å². The minimum atomic E-state index is 0.911. The third kappa shape index (κ3) is 1.88. The highest BCUT2D eigenvalue weighted by Gasteiger charge is 2.07. The number of anilines is 1. The van der Waals surface area contributed by atoms with Crippen molar-refractivity contribution in [3.8, 4) is 0 Å². The Morgan fingerprint density at radius 1 is 1.25 bits per heavy atom. The number of nitrogens with zero attached hydrogens (tertiary/aromatic N) is 2. The van der Waals surface area contributed by atoms with Gasteiger partial charge in [-0.25, -0.2) is 0 Å². The molecule has 0 bridgehead atoms. The second kappa shape index (κ2) is 4.14. The van der Waals surface area contributed by atoms with Crippen molar-refractivity contribution in [1.29, 1.82) is 0 Å². The van der Waals surface area contributed by atoms with Gasteiger partial charge >= 0.3 is 0 Å². The predicted molar refractivity (Wildman–Crippen MR) is 70.1 cm³/mol. The quantitative estimate of drug-likeness (QED) is 0.817. The van der Waals surface area contributed by atoms with Crippen LogP contribution < -0.4 is 5.32 Å². The zero-order valence-electron chi connectivity index (χ0n) is 8.68. The van der Waals surface area contributed by atoms with E-state index in [1.54, 1.807) is 11.8 Å². The molecular formula is C12H11N3S. The lowest BCUT2D eigenvalue weighted by atomic mass is 10.2. The predicted octanol–water partition coefficient (Wildman–Crippen LogP) is 2.75. The summed E-state index contributed by atoms with van der Waals surface area (Å²) in [6.45, 7) is 0.911. The van der Waals surface area contributed by atoms with E-state index in [4.69, 9.17) is 0 Å². The fourth-order valence-electron chi connectivity index (χ4n) is 1.67. The third-order valence-corrected chi connectivity index (χ3v) is 3.32. The summed E-state index contributed by atoms with van der Waals surface area (Å²) in [7, 11) is 0. The average Bonchev–Trinajstić information content (AvgIpc) is 2.82. The van der Waals surface area contributed by atoms with Crippen LogP contribution in [0.25, 0.3) is 10.9 Å². The van der Waals surface area contributed by atoms with Gasteiger partial charge in [-0.1, -0.05) is 30.0 Å². The standard InChI is InChI=1S/C12H11N3S/c1-2-4-11-9(3-1)7-10(8-14-11)15-12-13-5-6-16-12/h1-4,7-8H,5-6H2,(H,13,15). The van der Waals surface area contributed by atoms with E-state index >= 15 is 0 Å². The summed E-state index contributed by atoms with van der Waals surface area (Å²) in [6, 6.07) is 10.2. The minimum absolute atomic E-state index is 0.911. The first kappa shape index (κ1) is 9.66. The van der Waals surface area contributed by atoms with Crippen molar-refractivity contribution in [2.24, 2.45) is 4.99 Å². The molecule has 0 unspecified atom stereocenters. The highest BCUT2D eigenvalue weighted by atomic mass is 32.2. The van der Waals surface area contributed by atoms with Crippen molar-refractivity contribution in [2.45, 2.75) is 0 Å². The zero-order valence-corrected chi connectivity index (χ0v) is 9.50. The lowest BCUT2D eigenvalue weighted by molar-refractivity contribution is 1.17. The minimum Gasteiger partial charge on any atom is -0.334 e. The number of rotatable bonds is 1. The molecule has 2 aromatic rings. The molecule has 1 aliphatic rings. The summed E-state index contributed by atoms with van der Waals surface area (Å²) in [6.07, 6.45) is 1.85. The topological polar surface area (TPSA) is 37.3 Å². The van der Waals surface area contributed by atoms with E-state index in [2.05, 4.69) is 27.4 Å². The number of fused-ring (bicyclic) bond motifs is 1. The second-order valence-corrected chi connectivity index (χ2v) is 4.66. The maximum atomic E-state index is 4.40. The molecular weight excluding hydrogens is 218 g/mol. The number of aliphatic imine (C=N–C) groups is 1. The molecule has 1 N–H and O–H groups in total. The molecule has 16 heavy (non-hydrogen) atoms. The number of para-hydroxylation sites is 1. The van der Waals surface area contributed by atoms with E-state index in [-0.39, 0.29) is 0 Å². The van der Waals surface area contributed by atoms with Gasteiger partial charge in [-0.15, -0.1) is 0 Å². The van der Waals surface area contributed by atoms with Gasteiger partial charge in [0.05, 0.1) is 23.9 Å². The van der Waals surface area contributed by atoms with Crippen LogP contribution in [0, 0.1) is 0 Å². The van der Waals surface area contributed by atoms with E-state index < -0.39 is 0 Å². The van der Waals surface area contributed by atoms with Crippen molar-refractivity contribution >= 4 is 33.5 Å². The van der Waals surface area contributed by atoms with E-state index in [0.717, 1.165) is 34.1 Å². The van der Waals surface area contributed by atoms with E-state index in [0.29, 0.717) is 0 Å². The number of benzene rings is 1. The second-order valence-electron chi connectivity index (χ2n) is 3.58. The number of thioether (sulfide) groups is 1.